The van der Waals surface area contributed by atoms with Crippen LogP contribution in [-0.2, 0) is 6.42 Å². The molecule has 1 aromatic rings. The van der Waals surface area contributed by atoms with Crippen LogP contribution in [0.25, 0.3) is 0 Å². The Labute approximate surface area is 129 Å². The molecular weight excluding hydrogens is 260 g/mol. The van der Waals surface area contributed by atoms with Crippen molar-refractivity contribution in [1.29, 1.82) is 0 Å². The molecule has 3 atom stereocenters. The maximum atomic E-state index is 6.40. The second kappa shape index (κ2) is 7.81. The maximum absolute atomic E-state index is 6.40. The molecule has 0 radical (unpaired) electrons. The van der Waals surface area contributed by atoms with E-state index in [1.165, 1.54) is 31.2 Å². The van der Waals surface area contributed by atoms with Crippen LogP contribution in [0.2, 0.25) is 0 Å². The van der Waals surface area contributed by atoms with Crippen molar-refractivity contribution in [2.45, 2.75) is 63.6 Å². The Bertz CT molecular complexity index is 435. The van der Waals surface area contributed by atoms with Gasteiger partial charge in [0, 0.05) is 18.1 Å². The molecule has 0 bridgehead atoms. The number of rotatable bonds is 5. The quantitative estimate of drug-likeness (QED) is 0.846. The van der Waals surface area contributed by atoms with E-state index in [9.17, 15) is 0 Å². The van der Waals surface area contributed by atoms with Crippen LogP contribution in [0.15, 0.2) is 24.3 Å². The van der Waals surface area contributed by atoms with Gasteiger partial charge in [-0.25, -0.2) is 0 Å². The Morgan fingerprint density at radius 1 is 1.24 bits per heavy atom. The number of nitrogens with two attached hydrogens (primary N) is 1. The third-order valence-corrected chi connectivity index (χ3v) is 4.96. The van der Waals surface area contributed by atoms with E-state index < -0.39 is 0 Å². The number of methoxy groups -OCH3 is 1. The molecule has 2 N–H and O–H groups in total. The van der Waals surface area contributed by atoms with Gasteiger partial charge in [0.15, 0.2) is 0 Å². The molecule has 1 aliphatic carbocycles. The molecule has 1 aromatic carbocycles. The average molecular weight is 290 g/mol. The summed E-state index contributed by atoms with van der Waals surface area (Å²) in [6, 6.07) is 9.61. The molecule has 0 aromatic heterocycles. The van der Waals surface area contributed by atoms with E-state index in [-0.39, 0.29) is 0 Å². The molecule has 1 fully saturated rings. The van der Waals surface area contributed by atoms with Crippen molar-refractivity contribution in [2.24, 2.45) is 5.73 Å². The summed E-state index contributed by atoms with van der Waals surface area (Å²) in [5, 5.41) is 0. The first-order valence-corrected chi connectivity index (χ1v) is 8.23. The van der Waals surface area contributed by atoms with Gasteiger partial charge in [-0.3, -0.25) is 4.90 Å². The van der Waals surface area contributed by atoms with E-state index in [0.717, 1.165) is 18.6 Å². The number of likely N-dealkylation sites (N-methyl/N-ethyl adjacent to an activating group) is 1. The zero-order valence-electron chi connectivity index (χ0n) is 13.7. The lowest BCUT2D eigenvalue weighted by molar-refractivity contribution is 0.151. The predicted octanol–water partition coefficient (Wildman–Crippen LogP) is 3.22. The standard InChI is InChI=1S/C18H30N2O/c1-14(13-15-9-7-8-12-18(15)21-3)20(2)17-11-6-4-5-10-16(17)19/h7-9,12,14,16-17H,4-6,10-11,13,19H2,1-3H3. The first kappa shape index (κ1) is 16.3. The molecule has 0 heterocycles. The van der Waals surface area contributed by atoms with Crippen molar-refractivity contribution >= 4 is 0 Å². The fourth-order valence-electron chi connectivity index (χ4n) is 3.48. The van der Waals surface area contributed by atoms with Crippen molar-refractivity contribution < 1.29 is 4.74 Å². The van der Waals surface area contributed by atoms with E-state index >= 15 is 0 Å². The summed E-state index contributed by atoms with van der Waals surface area (Å²) in [5.74, 6) is 0.989. The summed E-state index contributed by atoms with van der Waals surface area (Å²) in [5.41, 5.74) is 7.68. The molecule has 0 saturated heterocycles. The third kappa shape index (κ3) is 4.21. The van der Waals surface area contributed by atoms with Crippen molar-refractivity contribution in [1.82, 2.24) is 4.90 Å². The first-order valence-electron chi connectivity index (χ1n) is 8.23. The fourth-order valence-corrected chi connectivity index (χ4v) is 3.48. The van der Waals surface area contributed by atoms with Crippen molar-refractivity contribution in [3.05, 3.63) is 29.8 Å². The van der Waals surface area contributed by atoms with Gasteiger partial charge in [0.05, 0.1) is 7.11 Å². The van der Waals surface area contributed by atoms with Crippen LogP contribution in [0, 0.1) is 0 Å². The van der Waals surface area contributed by atoms with Gasteiger partial charge in [-0.2, -0.15) is 0 Å². The lowest BCUT2D eigenvalue weighted by Crippen LogP contribution is -2.49. The molecule has 118 valence electrons. The molecular formula is C18H30N2O. The van der Waals surface area contributed by atoms with E-state index in [1.54, 1.807) is 7.11 Å². The molecule has 1 saturated carbocycles. The lowest BCUT2D eigenvalue weighted by atomic mass is 9.98. The first-order chi connectivity index (χ1) is 10.1. The van der Waals surface area contributed by atoms with Crippen molar-refractivity contribution in [2.75, 3.05) is 14.2 Å². The Hall–Kier alpha value is -1.06. The Kier molecular flexibility index (Phi) is 6.07. The number of para-hydroxylation sites is 1. The molecule has 3 nitrogen and oxygen atoms in total. The SMILES string of the molecule is COc1ccccc1CC(C)N(C)C1CCCCCC1N. The smallest absolute Gasteiger partial charge is 0.122 e. The molecule has 1 aliphatic rings. The van der Waals surface area contributed by atoms with Crippen molar-refractivity contribution in [3.8, 4) is 5.75 Å². The summed E-state index contributed by atoms with van der Waals surface area (Å²) < 4.78 is 5.47. The van der Waals surface area contributed by atoms with E-state index in [0.29, 0.717) is 18.1 Å². The highest BCUT2D eigenvalue weighted by molar-refractivity contribution is 5.33. The summed E-state index contributed by atoms with van der Waals surface area (Å²) >= 11 is 0. The molecule has 2 rings (SSSR count). The molecule has 3 heteroatoms. The Morgan fingerprint density at radius 3 is 2.71 bits per heavy atom. The van der Waals surface area contributed by atoms with Gasteiger partial charge < -0.3 is 10.5 Å². The largest absolute Gasteiger partial charge is 0.496 e. The van der Waals surface area contributed by atoms with Gasteiger partial charge in [0.25, 0.3) is 0 Å². The maximum Gasteiger partial charge on any atom is 0.122 e. The minimum atomic E-state index is 0.317. The highest BCUT2D eigenvalue weighted by atomic mass is 16.5. The van der Waals surface area contributed by atoms with Gasteiger partial charge in [-0.15, -0.1) is 0 Å². The van der Waals surface area contributed by atoms with Gasteiger partial charge in [-0.05, 0) is 44.9 Å². The normalized spacial score (nSPS) is 24.6. The number of hydrogen-bond acceptors (Lipinski definition) is 3. The van der Waals surface area contributed by atoms with E-state index in [1.807, 2.05) is 12.1 Å². The lowest BCUT2D eigenvalue weighted by Gasteiger charge is -2.36. The Balaban J connectivity index is 2.02. The number of ether oxygens (including phenoxy) is 1. The second-order valence-electron chi connectivity index (χ2n) is 6.40. The fraction of sp³-hybridized carbons (Fsp3) is 0.667. The van der Waals surface area contributed by atoms with Gasteiger partial charge in [0.1, 0.15) is 5.75 Å². The third-order valence-electron chi connectivity index (χ3n) is 4.96. The number of nitrogens with zero attached hydrogens (tertiary/aromatic N) is 1. The van der Waals surface area contributed by atoms with Crippen LogP contribution in [0.3, 0.4) is 0 Å². The summed E-state index contributed by atoms with van der Waals surface area (Å²) in [7, 11) is 3.98. The molecule has 0 aliphatic heterocycles. The molecule has 0 amide bonds. The summed E-state index contributed by atoms with van der Waals surface area (Å²) in [4.78, 5) is 2.49. The zero-order valence-corrected chi connectivity index (χ0v) is 13.7. The van der Waals surface area contributed by atoms with Crippen LogP contribution in [-0.4, -0.2) is 37.2 Å². The van der Waals surface area contributed by atoms with Gasteiger partial charge in [0.2, 0.25) is 0 Å². The monoisotopic (exact) mass is 290 g/mol. The van der Waals surface area contributed by atoms with Gasteiger partial charge >= 0.3 is 0 Å². The minimum Gasteiger partial charge on any atom is -0.496 e. The zero-order chi connectivity index (χ0) is 15.2. The number of hydrogen-bond donors (Lipinski definition) is 1. The van der Waals surface area contributed by atoms with Crippen LogP contribution < -0.4 is 10.5 Å². The topological polar surface area (TPSA) is 38.5 Å². The molecule has 0 spiro atoms. The highest BCUT2D eigenvalue weighted by Crippen LogP contribution is 2.25. The second-order valence-corrected chi connectivity index (χ2v) is 6.40. The minimum absolute atomic E-state index is 0.317. The van der Waals surface area contributed by atoms with Gasteiger partial charge in [-0.1, -0.05) is 37.5 Å². The van der Waals surface area contributed by atoms with Crippen LogP contribution in [0.5, 0.6) is 5.75 Å². The van der Waals surface area contributed by atoms with Crippen LogP contribution in [0.1, 0.15) is 44.6 Å². The number of benzene rings is 1. The average Bonchev–Trinajstić information content (AvgIpc) is 2.71. The summed E-state index contributed by atoms with van der Waals surface area (Å²) in [6.45, 7) is 2.30. The summed E-state index contributed by atoms with van der Waals surface area (Å²) in [6.07, 6.45) is 7.32. The predicted molar refractivity (Wildman–Crippen MR) is 88.8 cm³/mol. The van der Waals surface area contributed by atoms with E-state index in [2.05, 4.69) is 31.0 Å². The van der Waals surface area contributed by atoms with E-state index in [4.69, 9.17) is 10.5 Å². The highest BCUT2D eigenvalue weighted by Gasteiger charge is 2.27. The van der Waals surface area contributed by atoms with Crippen molar-refractivity contribution in [3.63, 3.8) is 0 Å². The molecule has 3 unspecified atom stereocenters. The van der Waals surface area contributed by atoms with Crippen LogP contribution >= 0.6 is 0 Å². The Morgan fingerprint density at radius 2 is 1.95 bits per heavy atom. The molecule has 21 heavy (non-hydrogen) atoms. The van der Waals surface area contributed by atoms with Crippen LogP contribution in [0.4, 0.5) is 0 Å².